The van der Waals surface area contributed by atoms with Crippen LogP contribution in [0.4, 0.5) is 0 Å². The molecule has 1 aromatic carbocycles. The Hall–Kier alpha value is -2.07. The summed E-state index contributed by atoms with van der Waals surface area (Å²) in [6, 6.07) is 12.1. The fourth-order valence-electron chi connectivity index (χ4n) is 2.25. The topological polar surface area (TPSA) is 41.6 Å². The third-order valence-corrected chi connectivity index (χ3v) is 3.40. The molecule has 2 aromatic heterocycles. The number of H-pyrrole nitrogens is 1. The minimum absolute atomic E-state index is 0.628. The van der Waals surface area contributed by atoms with Crippen LogP contribution in [0.3, 0.4) is 0 Å². The molecule has 4 heteroatoms. The zero-order valence-electron chi connectivity index (χ0n) is 11.3. The minimum atomic E-state index is 0.628. The summed E-state index contributed by atoms with van der Waals surface area (Å²) in [5.41, 5.74) is 3.07. The maximum Gasteiger partial charge on any atom is 0.130 e. The standard InChI is InChI=1S/C16H15N3S/c1-2-4-15-18-14(10-16(20)19-15)12-7-6-11-5-3-8-17-13(11)9-12/h3,5-10H,2,4H2,1H3,(H,18,19,20). The molecule has 3 rings (SSSR count). The van der Waals surface area contributed by atoms with Gasteiger partial charge in [0.25, 0.3) is 0 Å². The molecule has 1 N–H and O–H groups in total. The second kappa shape index (κ2) is 5.51. The highest BCUT2D eigenvalue weighted by Crippen LogP contribution is 2.22. The van der Waals surface area contributed by atoms with E-state index in [1.54, 1.807) is 0 Å². The number of fused-ring (bicyclic) bond motifs is 1. The Balaban J connectivity index is 2.12. The van der Waals surface area contributed by atoms with Gasteiger partial charge in [0, 0.05) is 29.3 Å². The lowest BCUT2D eigenvalue weighted by atomic mass is 10.1. The van der Waals surface area contributed by atoms with Crippen LogP contribution in [0, 0.1) is 4.64 Å². The number of aromatic nitrogens is 3. The Morgan fingerprint density at radius 3 is 2.95 bits per heavy atom. The van der Waals surface area contributed by atoms with E-state index in [4.69, 9.17) is 12.2 Å². The van der Waals surface area contributed by atoms with Crippen LogP contribution in [0.1, 0.15) is 19.2 Å². The largest absolute Gasteiger partial charge is 0.343 e. The number of aryl methyl sites for hydroxylation is 1. The van der Waals surface area contributed by atoms with Crippen molar-refractivity contribution in [3.8, 4) is 11.3 Å². The summed E-state index contributed by atoms with van der Waals surface area (Å²) in [6.07, 6.45) is 3.76. The lowest BCUT2D eigenvalue weighted by Crippen LogP contribution is -1.97. The van der Waals surface area contributed by atoms with E-state index in [9.17, 15) is 0 Å². The van der Waals surface area contributed by atoms with Crippen molar-refractivity contribution in [1.29, 1.82) is 0 Å². The van der Waals surface area contributed by atoms with Gasteiger partial charge >= 0.3 is 0 Å². The molecule has 2 heterocycles. The van der Waals surface area contributed by atoms with Crippen molar-refractivity contribution >= 4 is 23.1 Å². The predicted octanol–water partition coefficient (Wildman–Crippen LogP) is 4.31. The number of nitrogens with one attached hydrogen (secondary N) is 1. The van der Waals surface area contributed by atoms with Gasteiger partial charge in [0.1, 0.15) is 10.5 Å². The van der Waals surface area contributed by atoms with Crippen LogP contribution in [0.25, 0.3) is 22.2 Å². The van der Waals surface area contributed by atoms with E-state index in [-0.39, 0.29) is 0 Å². The van der Waals surface area contributed by atoms with Crippen LogP contribution in [0.2, 0.25) is 0 Å². The van der Waals surface area contributed by atoms with Gasteiger partial charge in [-0.05, 0) is 24.6 Å². The average Bonchev–Trinajstić information content (AvgIpc) is 2.46. The highest BCUT2D eigenvalue weighted by Gasteiger charge is 2.03. The van der Waals surface area contributed by atoms with Gasteiger partial charge in [-0.2, -0.15) is 0 Å². The number of rotatable bonds is 3. The Labute approximate surface area is 122 Å². The fraction of sp³-hybridized carbons (Fsp3) is 0.188. The van der Waals surface area contributed by atoms with Crippen LogP contribution in [-0.2, 0) is 6.42 Å². The summed E-state index contributed by atoms with van der Waals surface area (Å²) in [6.45, 7) is 2.13. The smallest absolute Gasteiger partial charge is 0.130 e. The zero-order chi connectivity index (χ0) is 13.9. The van der Waals surface area contributed by atoms with Crippen molar-refractivity contribution in [2.75, 3.05) is 0 Å². The summed E-state index contributed by atoms with van der Waals surface area (Å²) in [4.78, 5) is 12.1. The van der Waals surface area contributed by atoms with E-state index in [0.717, 1.165) is 40.8 Å². The van der Waals surface area contributed by atoms with Gasteiger partial charge in [0.05, 0.1) is 5.52 Å². The van der Waals surface area contributed by atoms with Crippen LogP contribution in [0.5, 0.6) is 0 Å². The molecule has 0 amide bonds. The number of nitrogens with zero attached hydrogens (tertiary/aromatic N) is 2. The SMILES string of the molecule is CCCc1nc(=S)cc(-c2ccc3cccnc3c2)[nH]1. The van der Waals surface area contributed by atoms with E-state index in [2.05, 4.69) is 46.1 Å². The highest BCUT2D eigenvalue weighted by atomic mass is 32.1. The lowest BCUT2D eigenvalue weighted by molar-refractivity contribution is 0.833. The number of hydrogen-bond donors (Lipinski definition) is 1. The molecule has 0 fully saturated rings. The predicted molar refractivity (Wildman–Crippen MR) is 84.2 cm³/mol. The van der Waals surface area contributed by atoms with Crippen LogP contribution >= 0.6 is 12.2 Å². The first-order chi connectivity index (χ1) is 9.76. The molecule has 0 spiro atoms. The van der Waals surface area contributed by atoms with E-state index < -0.39 is 0 Å². The Kier molecular flexibility index (Phi) is 3.56. The van der Waals surface area contributed by atoms with Crippen LogP contribution < -0.4 is 0 Å². The van der Waals surface area contributed by atoms with Crippen molar-refractivity contribution in [1.82, 2.24) is 15.0 Å². The van der Waals surface area contributed by atoms with Gasteiger partial charge in [-0.3, -0.25) is 4.98 Å². The fourth-order valence-corrected chi connectivity index (χ4v) is 2.48. The first-order valence-corrected chi connectivity index (χ1v) is 7.12. The number of benzene rings is 1. The van der Waals surface area contributed by atoms with Gasteiger partial charge in [-0.1, -0.05) is 37.3 Å². The average molecular weight is 281 g/mol. The maximum atomic E-state index is 5.25. The first kappa shape index (κ1) is 12.9. The number of aromatic amines is 1. The lowest BCUT2D eigenvalue weighted by Gasteiger charge is -2.06. The molecule has 3 nitrogen and oxygen atoms in total. The summed E-state index contributed by atoms with van der Waals surface area (Å²) in [7, 11) is 0. The van der Waals surface area contributed by atoms with Crippen molar-refractivity contribution in [3.05, 3.63) is 53.1 Å². The van der Waals surface area contributed by atoms with Crippen LogP contribution in [0.15, 0.2) is 42.6 Å². The normalized spacial score (nSPS) is 10.8. The third-order valence-electron chi connectivity index (χ3n) is 3.20. The highest BCUT2D eigenvalue weighted by molar-refractivity contribution is 7.71. The van der Waals surface area contributed by atoms with Gasteiger partial charge in [0.2, 0.25) is 0 Å². The van der Waals surface area contributed by atoms with E-state index >= 15 is 0 Å². The molecule has 20 heavy (non-hydrogen) atoms. The number of pyridine rings is 1. The summed E-state index contributed by atoms with van der Waals surface area (Å²) in [5, 5.41) is 1.14. The molecular weight excluding hydrogens is 266 g/mol. The number of hydrogen-bond acceptors (Lipinski definition) is 3. The van der Waals surface area contributed by atoms with E-state index in [0.29, 0.717) is 4.64 Å². The zero-order valence-corrected chi connectivity index (χ0v) is 12.1. The second-order valence-electron chi connectivity index (χ2n) is 4.74. The van der Waals surface area contributed by atoms with Gasteiger partial charge in [-0.25, -0.2) is 4.98 Å². The first-order valence-electron chi connectivity index (χ1n) is 6.71. The van der Waals surface area contributed by atoms with Gasteiger partial charge < -0.3 is 4.98 Å². The van der Waals surface area contributed by atoms with Crippen molar-refractivity contribution < 1.29 is 0 Å². The van der Waals surface area contributed by atoms with E-state index in [1.807, 2.05) is 18.3 Å². The molecule has 0 aliphatic rings. The van der Waals surface area contributed by atoms with Gasteiger partial charge in [-0.15, -0.1) is 0 Å². The Morgan fingerprint density at radius 1 is 1.20 bits per heavy atom. The molecule has 0 saturated heterocycles. The Morgan fingerprint density at radius 2 is 2.10 bits per heavy atom. The van der Waals surface area contributed by atoms with Gasteiger partial charge in [0.15, 0.2) is 0 Å². The second-order valence-corrected chi connectivity index (χ2v) is 5.16. The third kappa shape index (κ3) is 2.60. The summed E-state index contributed by atoms with van der Waals surface area (Å²) >= 11 is 5.25. The van der Waals surface area contributed by atoms with Crippen molar-refractivity contribution in [2.45, 2.75) is 19.8 Å². The maximum absolute atomic E-state index is 5.25. The molecule has 0 aliphatic carbocycles. The minimum Gasteiger partial charge on any atom is -0.343 e. The van der Waals surface area contributed by atoms with Crippen LogP contribution in [-0.4, -0.2) is 15.0 Å². The molecular formula is C16H15N3S. The molecule has 0 bridgehead atoms. The summed E-state index contributed by atoms with van der Waals surface area (Å²) in [5.74, 6) is 0.941. The quantitative estimate of drug-likeness (QED) is 0.727. The van der Waals surface area contributed by atoms with Crippen molar-refractivity contribution in [2.24, 2.45) is 0 Å². The molecule has 100 valence electrons. The van der Waals surface area contributed by atoms with E-state index in [1.165, 1.54) is 0 Å². The molecule has 0 unspecified atom stereocenters. The van der Waals surface area contributed by atoms with Crippen molar-refractivity contribution in [3.63, 3.8) is 0 Å². The molecule has 0 radical (unpaired) electrons. The Bertz CT molecular complexity index is 808. The molecule has 0 aliphatic heterocycles. The molecule has 3 aromatic rings. The monoisotopic (exact) mass is 281 g/mol. The molecule has 0 saturated carbocycles. The molecule has 0 atom stereocenters. The summed E-state index contributed by atoms with van der Waals surface area (Å²) < 4.78 is 0.628.